The Hall–Kier alpha value is -1.29. The Bertz CT molecular complexity index is 308. The van der Waals surface area contributed by atoms with Crippen LogP contribution >= 0.6 is 12.2 Å². The number of hydrogen-bond donors (Lipinski definition) is 3. The molecule has 0 radical (unpaired) electrons. The number of nitrogens with two attached hydrogens (primary N) is 1. The van der Waals surface area contributed by atoms with Gasteiger partial charge in [0.15, 0.2) is 5.11 Å². The summed E-state index contributed by atoms with van der Waals surface area (Å²) in [5.41, 5.74) is 7.66. The molecule has 1 aromatic carbocycles. The molecule has 0 unspecified atom stereocenters. The molecule has 0 bridgehead atoms. The van der Waals surface area contributed by atoms with Crippen LogP contribution in [0.25, 0.3) is 0 Å². The lowest BCUT2D eigenvalue weighted by Crippen LogP contribution is -2.36. The van der Waals surface area contributed by atoms with Gasteiger partial charge in [0.05, 0.1) is 0 Å². The minimum Gasteiger partial charge on any atom is -0.399 e. The van der Waals surface area contributed by atoms with Gasteiger partial charge < -0.3 is 16.4 Å². The molecule has 0 amide bonds. The summed E-state index contributed by atoms with van der Waals surface area (Å²) in [5, 5.41) is 6.89. The Labute approximate surface area is 96.1 Å². The maximum Gasteiger partial charge on any atom is 0.166 e. The van der Waals surface area contributed by atoms with Crippen LogP contribution in [0.3, 0.4) is 0 Å². The van der Waals surface area contributed by atoms with Gasteiger partial charge in [-0.05, 0) is 43.3 Å². The summed E-state index contributed by atoms with van der Waals surface area (Å²) in [6.07, 6.45) is 0.950. The first-order chi connectivity index (χ1) is 7.22. The van der Waals surface area contributed by atoms with Crippen LogP contribution < -0.4 is 16.4 Å². The Morgan fingerprint density at radius 3 is 2.53 bits per heavy atom. The highest BCUT2D eigenvalue weighted by Crippen LogP contribution is 2.05. The molecule has 0 saturated carbocycles. The summed E-state index contributed by atoms with van der Waals surface area (Å²) >= 11 is 5.05. The van der Waals surface area contributed by atoms with E-state index >= 15 is 0 Å². The first-order valence-corrected chi connectivity index (χ1v) is 5.49. The molecule has 15 heavy (non-hydrogen) atoms. The van der Waals surface area contributed by atoms with E-state index in [0.717, 1.165) is 25.2 Å². The Morgan fingerprint density at radius 1 is 1.27 bits per heavy atom. The first-order valence-electron chi connectivity index (χ1n) is 5.08. The van der Waals surface area contributed by atoms with Crippen molar-refractivity contribution in [1.29, 1.82) is 0 Å². The van der Waals surface area contributed by atoms with E-state index in [1.54, 1.807) is 0 Å². The predicted octanol–water partition coefficient (Wildman–Crippen LogP) is 1.30. The molecule has 0 aliphatic carbocycles. The Kier molecular flexibility index (Phi) is 4.90. The van der Waals surface area contributed by atoms with Crippen molar-refractivity contribution in [3.63, 3.8) is 0 Å². The lowest BCUT2D eigenvalue weighted by atomic mass is 10.1. The maximum atomic E-state index is 5.60. The number of anilines is 1. The second kappa shape index (κ2) is 6.24. The average molecular weight is 223 g/mol. The zero-order chi connectivity index (χ0) is 11.1. The van der Waals surface area contributed by atoms with Crippen LogP contribution in [-0.2, 0) is 6.42 Å². The van der Waals surface area contributed by atoms with Crippen LogP contribution in [0.1, 0.15) is 12.5 Å². The molecule has 82 valence electrons. The summed E-state index contributed by atoms with van der Waals surface area (Å²) in [4.78, 5) is 0. The first kappa shape index (κ1) is 11.8. The van der Waals surface area contributed by atoms with Crippen LogP contribution in [0.5, 0.6) is 0 Å². The average Bonchev–Trinajstić information content (AvgIpc) is 2.21. The molecular weight excluding hydrogens is 206 g/mol. The molecule has 0 fully saturated rings. The van der Waals surface area contributed by atoms with Crippen molar-refractivity contribution in [2.45, 2.75) is 13.3 Å². The van der Waals surface area contributed by atoms with Crippen LogP contribution in [-0.4, -0.2) is 18.2 Å². The van der Waals surface area contributed by atoms with E-state index < -0.39 is 0 Å². The molecule has 0 aliphatic rings. The van der Waals surface area contributed by atoms with Gasteiger partial charge in [-0.1, -0.05) is 12.1 Å². The Balaban J connectivity index is 2.26. The molecule has 4 N–H and O–H groups in total. The highest BCUT2D eigenvalue weighted by molar-refractivity contribution is 7.80. The van der Waals surface area contributed by atoms with E-state index in [4.69, 9.17) is 18.0 Å². The molecule has 0 aromatic heterocycles. The second-order valence-corrected chi connectivity index (χ2v) is 3.69. The SMILES string of the molecule is CCNC(=S)NCCc1ccc(N)cc1. The highest BCUT2D eigenvalue weighted by atomic mass is 32.1. The molecule has 3 nitrogen and oxygen atoms in total. The maximum absolute atomic E-state index is 5.60. The normalized spacial score (nSPS) is 9.67. The summed E-state index contributed by atoms with van der Waals surface area (Å²) in [5.74, 6) is 0. The van der Waals surface area contributed by atoms with Crippen LogP contribution in [0.15, 0.2) is 24.3 Å². The van der Waals surface area contributed by atoms with Crippen molar-refractivity contribution in [3.05, 3.63) is 29.8 Å². The Morgan fingerprint density at radius 2 is 1.93 bits per heavy atom. The minimum atomic E-state index is 0.716. The quantitative estimate of drug-likeness (QED) is 0.532. The molecule has 4 heteroatoms. The molecule has 1 aromatic rings. The number of hydrogen-bond acceptors (Lipinski definition) is 2. The van der Waals surface area contributed by atoms with Crippen molar-refractivity contribution in [1.82, 2.24) is 10.6 Å². The van der Waals surface area contributed by atoms with Gasteiger partial charge in [-0.25, -0.2) is 0 Å². The smallest absolute Gasteiger partial charge is 0.166 e. The topological polar surface area (TPSA) is 50.1 Å². The van der Waals surface area contributed by atoms with Gasteiger partial charge in [-0.2, -0.15) is 0 Å². The summed E-state index contributed by atoms with van der Waals surface area (Å²) in [6.45, 7) is 3.72. The van der Waals surface area contributed by atoms with E-state index in [1.807, 2.05) is 31.2 Å². The van der Waals surface area contributed by atoms with Gasteiger partial charge in [0.25, 0.3) is 0 Å². The van der Waals surface area contributed by atoms with E-state index in [1.165, 1.54) is 5.56 Å². The number of rotatable bonds is 4. The van der Waals surface area contributed by atoms with E-state index in [-0.39, 0.29) is 0 Å². The van der Waals surface area contributed by atoms with Crippen molar-refractivity contribution in [2.75, 3.05) is 18.8 Å². The standard InChI is InChI=1S/C11H17N3S/c1-2-13-11(15)14-8-7-9-3-5-10(12)6-4-9/h3-6H,2,7-8,12H2,1H3,(H2,13,14,15). The molecule has 0 saturated heterocycles. The van der Waals surface area contributed by atoms with Crippen molar-refractivity contribution in [3.8, 4) is 0 Å². The zero-order valence-corrected chi connectivity index (χ0v) is 9.73. The fraction of sp³-hybridized carbons (Fsp3) is 0.364. The fourth-order valence-electron chi connectivity index (χ4n) is 1.23. The summed E-state index contributed by atoms with van der Waals surface area (Å²) < 4.78 is 0. The van der Waals surface area contributed by atoms with Gasteiger partial charge in [0.1, 0.15) is 0 Å². The van der Waals surface area contributed by atoms with Crippen LogP contribution in [0, 0.1) is 0 Å². The minimum absolute atomic E-state index is 0.716. The highest BCUT2D eigenvalue weighted by Gasteiger charge is 1.94. The molecule has 1 rings (SSSR count). The number of nitrogen functional groups attached to an aromatic ring is 1. The van der Waals surface area contributed by atoms with Gasteiger partial charge in [-0.15, -0.1) is 0 Å². The third kappa shape index (κ3) is 4.65. The molecule has 0 aliphatic heterocycles. The van der Waals surface area contributed by atoms with E-state index in [2.05, 4.69) is 10.6 Å². The van der Waals surface area contributed by atoms with Crippen molar-refractivity contribution < 1.29 is 0 Å². The number of nitrogens with one attached hydrogen (secondary N) is 2. The van der Waals surface area contributed by atoms with Crippen molar-refractivity contribution >= 4 is 23.0 Å². The fourth-order valence-corrected chi connectivity index (χ4v) is 1.47. The zero-order valence-electron chi connectivity index (χ0n) is 8.92. The van der Waals surface area contributed by atoms with Gasteiger partial charge in [0, 0.05) is 18.8 Å². The molecule has 0 atom stereocenters. The van der Waals surface area contributed by atoms with Crippen LogP contribution in [0.2, 0.25) is 0 Å². The van der Waals surface area contributed by atoms with Gasteiger partial charge in [-0.3, -0.25) is 0 Å². The number of benzene rings is 1. The monoisotopic (exact) mass is 223 g/mol. The van der Waals surface area contributed by atoms with Crippen molar-refractivity contribution in [2.24, 2.45) is 0 Å². The van der Waals surface area contributed by atoms with Gasteiger partial charge in [0.2, 0.25) is 0 Å². The molecular formula is C11H17N3S. The lowest BCUT2D eigenvalue weighted by molar-refractivity contribution is 0.829. The lowest BCUT2D eigenvalue weighted by Gasteiger charge is -2.08. The number of thiocarbonyl (C=S) groups is 1. The summed E-state index contributed by atoms with van der Waals surface area (Å²) in [7, 11) is 0. The van der Waals surface area contributed by atoms with Crippen LogP contribution in [0.4, 0.5) is 5.69 Å². The third-order valence-corrected chi connectivity index (χ3v) is 2.30. The van der Waals surface area contributed by atoms with Gasteiger partial charge >= 0.3 is 0 Å². The second-order valence-electron chi connectivity index (χ2n) is 3.28. The summed E-state index contributed by atoms with van der Waals surface area (Å²) in [6, 6.07) is 7.90. The molecule has 0 spiro atoms. The molecule has 0 heterocycles. The van der Waals surface area contributed by atoms with E-state index in [9.17, 15) is 0 Å². The third-order valence-electron chi connectivity index (χ3n) is 2.02. The van der Waals surface area contributed by atoms with E-state index in [0.29, 0.717) is 5.11 Å². The largest absolute Gasteiger partial charge is 0.399 e. The predicted molar refractivity (Wildman–Crippen MR) is 68.8 cm³/mol.